The highest BCUT2D eigenvalue weighted by molar-refractivity contribution is 5.95. The minimum Gasteiger partial charge on any atom is -0.493 e. The molecule has 0 saturated heterocycles. The maximum Gasteiger partial charge on any atom is 0.241 e. The number of methoxy groups -OCH3 is 1. The molecule has 0 radical (unpaired) electrons. The van der Waals surface area contributed by atoms with Gasteiger partial charge in [0, 0.05) is 24.1 Å². The van der Waals surface area contributed by atoms with Gasteiger partial charge in [-0.25, -0.2) is 4.98 Å². The van der Waals surface area contributed by atoms with E-state index in [0.29, 0.717) is 17.2 Å². The Morgan fingerprint density at radius 3 is 2.57 bits per heavy atom. The molecular weight excluding hydrogens is 427 g/mol. The fourth-order valence-electron chi connectivity index (χ4n) is 2.69. The highest BCUT2D eigenvalue weighted by atomic mass is 35.5. The summed E-state index contributed by atoms with van der Waals surface area (Å²) in [6.45, 7) is 6.05. The summed E-state index contributed by atoms with van der Waals surface area (Å²) < 4.78 is 13.2. The maximum atomic E-state index is 12.4. The first-order valence-corrected chi connectivity index (χ1v) is 9.08. The van der Waals surface area contributed by atoms with Crippen LogP contribution in [-0.4, -0.2) is 28.4 Å². The fourth-order valence-corrected chi connectivity index (χ4v) is 2.69. The molecule has 3 aromatic rings. The number of nitrogens with two attached hydrogens (primary N) is 1. The third kappa shape index (κ3) is 6.01. The van der Waals surface area contributed by atoms with Crippen molar-refractivity contribution in [2.45, 2.75) is 33.4 Å². The zero-order valence-electron chi connectivity index (χ0n) is 17.4. The number of rotatable bonds is 6. The van der Waals surface area contributed by atoms with Crippen molar-refractivity contribution in [3.05, 3.63) is 54.5 Å². The van der Waals surface area contributed by atoms with E-state index in [0.717, 1.165) is 11.3 Å². The van der Waals surface area contributed by atoms with Gasteiger partial charge in [0.15, 0.2) is 11.5 Å². The Balaban J connectivity index is 0.00000225. The molecule has 0 unspecified atom stereocenters. The number of halogens is 2. The van der Waals surface area contributed by atoms with Gasteiger partial charge in [-0.15, -0.1) is 24.8 Å². The molecular formula is C21H28Cl2N4O3. The Kier molecular flexibility index (Phi) is 8.96. The van der Waals surface area contributed by atoms with E-state index in [2.05, 4.69) is 10.3 Å². The molecule has 164 valence electrons. The van der Waals surface area contributed by atoms with Gasteiger partial charge < -0.3 is 24.9 Å². The van der Waals surface area contributed by atoms with E-state index in [-0.39, 0.29) is 42.7 Å². The second-order valence-electron chi connectivity index (χ2n) is 7.69. The average molecular weight is 455 g/mol. The lowest BCUT2D eigenvalue weighted by Crippen LogP contribution is -2.45. The molecule has 1 atom stereocenters. The molecule has 0 aliphatic rings. The quantitative estimate of drug-likeness (QED) is 0.585. The van der Waals surface area contributed by atoms with Gasteiger partial charge in [0.25, 0.3) is 0 Å². The molecule has 0 saturated carbocycles. The zero-order valence-corrected chi connectivity index (χ0v) is 19.0. The fraction of sp³-hybridized carbons (Fsp3) is 0.333. The van der Waals surface area contributed by atoms with Crippen LogP contribution in [-0.2, 0) is 11.4 Å². The monoisotopic (exact) mass is 454 g/mol. The third-order valence-corrected chi connectivity index (χ3v) is 4.44. The van der Waals surface area contributed by atoms with Crippen LogP contribution < -0.4 is 20.5 Å². The summed E-state index contributed by atoms with van der Waals surface area (Å²) in [5.74, 6) is 0.840. The van der Waals surface area contributed by atoms with Crippen molar-refractivity contribution in [2.75, 3.05) is 12.4 Å². The molecule has 0 bridgehead atoms. The first kappa shape index (κ1) is 25.6. The average Bonchev–Trinajstić information content (AvgIpc) is 3.08. The minimum absolute atomic E-state index is 0. The van der Waals surface area contributed by atoms with Crippen LogP contribution in [0.5, 0.6) is 11.5 Å². The number of fused-ring (bicyclic) bond motifs is 1. The lowest BCUT2D eigenvalue weighted by molar-refractivity contribution is -0.119. The number of hydrogen-bond donors (Lipinski definition) is 2. The van der Waals surface area contributed by atoms with Gasteiger partial charge in [-0.1, -0.05) is 26.8 Å². The minimum atomic E-state index is -0.628. The van der Waals surface area contributed by atoms with Crippen molar-refractivity contribution in [1.29, 1.82) is 0 Å². The van der Waals surface area contributed by atoms with E-state index in [1.807, 2.05) is 55.8 Å². The van der Waals surface area contributed by atoms with Crippen molar-refractivity contribution in [2.24, 2.45) is 11.1 Å². The van der Waals surface area contributed by atoms with Gasteiger partial charge in [-0.3, -0.25) is 4.79 Å². The van der Waals surface area contributed by atoms with E-state index < -0.39 is 6.04 Å². The predicted molar refractivity (Wildman–Crippen MR) is 123 cm³/mol. The van der Waals surface area contributed by atoms with E-state index in [1.54, 1.807) is 25.3 Å². The number of amides is 1. The number of aromatic nitrogens is 2. The molecule has 0 spiro atoms. The van der Waals surface area contributed by atoms with Crippen LogP contribution in [0.4, 0.5) is 5.69 Å². The molecule has 2 heterocycles. The van der Waals surface area contributed by atoms with Gasteiger partial charge >= 0.3 is 0 Å². The number of benzene rings is 1. The van der Waals surface area contributed by atoms with E-state index in [9.17, 15) is 4.79 Å². The molecule has 30 heavy (non-hydrogen) atoms. The van der Waals surface area contributed by atoms with Gasteiger partial charge in [0.05, 0.1) is 18.8 Å². The van der Waals surface area contributed by atoms with Crippen LogP contribution >= 0.6 is 24.8 Å². The highest BCUT2D eigenvalue weighted by Crippen LogP contribution is 2.31. The Hall–Kier alpha value is -2.48. The lowest BCUT2D eigenvalue weighted by atomic mass is 9.87. The van der Waals surface area contributed by atoms with Gasteiger partial charge in [0.2, 0.25) is 5.91 Å². The van der Waals surface area contributed by atoms with E-state index >= 15 is 0 Å². The smallest absolute Gasteiger partial charge is 0.241 e. The summed E-state index contributed by atoms with van der Waals surface area (Å²) in [5.41, 5.74) is 7.93. The number of carbonyl (C=O) groups excluding carboxylic acids is 1. The first-order chi connectivity index (χ1) is 13.3. The number of ether oxygens (including phenoxy) is 2. The summed E-state index contributed by atoms with van der Waals surface area (Å²) in [7, 11) is 1.57. The Labute approximate surface area is 188 Å². The predicted octanol–water partition coefficient (Wildman–Crippen LogP) is 4.08. The largest absolute Gasteiger partial charge is 0.493 e. The number of nitrogens with zero attached hydrogens (tertiary/aromatic N) is 2. The Morgan fingerprint density at radius 2 is 1.93 bits per heavy atom. The Bertz CT molecular complexity index is 953. The van der Waals surface area contributed by atoms with Crippen molar-refractivity contribution in [3.63, 3.8) is 0 Å². The molecule has 9 heteroatoms. The number of imidazole rings is 1. The van der Waals surface area contributed by atoms with Crippen LogP contribution in [0.3, 0.4) is 0 Å². The molecule has 3 N–H and O–H groups in total. The van der Waals surface area contributed by atoms with Crippen LogP contribution in [0.1, 0.15) is 26.5 Å². The summed E-state index contributed by atoms with van der Waals surface area (Å²) in [6.07, 6.45) is 3.84. The first-order valence-electron chi connectivity index (χ1n) is 9.08. The van der Waals surface area contributed by atoms with Crippen LogP contribution in [0.2, 0.25) is 0 Å². The standard InChI is InChI=1S/C21H26N4O3.2ClH/c1-21(2,3)19(22)20(26)24-14-8-9-16(27-4)17(11-14)28-13-15-12-25-10-6-5-7-18(25)23-15;;/h5-12,19H,13,22H2,1-4H3,(H,24,26);2*1H/t19-;;/m1../s1. The molecule has 1 amide bonds. The normalized spacial score (nSPS) is 11.8. The summed E-state index contributed by atoms with van der Waals surface area (Å²) in [6, 6.07) is 10.4. The molecule has 3 rings (SSSR count). The second kappa shape index (κ2) is 10.5. The highest BCUT2D eigenvalue weighted by Gasteiger charge is 2.27. The van der Waals surface area contributed by atoms with Gasteiger partial charge in [-0.05, 0) is 29.7 Å². The van der Waals surface area contributed by atoms with Crippen molar-refractivity contribution >= 4 is 42.1 Å². The van der Waals surface area contributed by atoms with E-state index in [4.69, 9.17) is 15.2 Å². The number of nitrogens with one attached hydrogen (secondary N) is 1. The Morgan fingerprint density at radius 1 is 1.20 bits per heavy atom. The van der Waals surface area contributed by atoms with Gasteiger partial charge in [0.1, 0.15) is 12.3 Å². The summed E-state index contributed by atoms with van der Waals surface area (Å²) >= 11 is 0. The van der Waals surface area contributed by atoms with Crippen LogP contribution in [0.15, 0.2) is 48.8 Å². The molecule has 0 fully saturated rings. The van der Waals surface area contributed by atoms with Crippen molar-refractivity contribution < 1.29 is 14.3 Å². The second-order valence-corrected chi connectivity index (χ2v) is 7.69. The molecule has 7 nitrogen and oxygen atoms in total. The molecule has 1 aromatic carbocycles. The SMILES string of the molecule is COc1ccc(NC(=O)[C@@H](N)C(C)(C)C)cc1OCc1cn2ccccc2n1.Cl.Cl. The zero-order chi connectivity index (χ0) is 20.3. The van der Waals surface area contributed by atoms with E-state index in [1.165, 1.54) is 0 Å². The van der Waals surface area contributed by atoms with Crippen molar-refractivity contribution in [3.8, 4) is 11.5 Å². The lowest BCUT2D eigenvalue weighted by Gasteiger charge is -2.26. The molecule has 2 aromatic heterocycles. The van der Waals surface area contributed by atoms with Crippen LogP contribution in [0, 0.1) is 5.41 Å². The topological polar surface area (TPSA) is 90.9 Å². The third-order valence-electron chi connectivity index (χ3n) is 4.44. The molecule has 0 aliphatic heterocycles. The van der Waals surface area contributed by atoms with Crippen molar-refractivity contribution in [1.82, 2.24) is 9.38 Å². The molecule has 0 aliphatic carbocycles. The van der Waals surface area contributed by atoms with Crippen LogP contribution in [0.25, 0.3) is 5.65 Å². The number of hydrogen-bond acceptors (Lipinski definition) is 5. The maximum absolute atomic E-state index is 12.4. The summed E-state index contributed by atoms with van der Waals surface area (Å²) in [5, 5.41) is 2.84. The number of carbonyl (C=O) groups is 1. The van der Waals surface area contributed by atoms with Gasteiger partial charge in [-0.2, -0.15) is 0 Å². The number of pyridine rings is 1. The summed E-state index contributed by atoms with van der Waals surface area (Å²) in [4.78, 5) is 16.9. The number of anilines is 1.